The molecule has 0 aromatic heterocycles. The average molecular weight is 342 g/mol. The SMILES string of the molecule is O=C(CCNc1ccc2c(c1)OCO2)Nc1ccc2c(c1)OCCO2. The molecule has 2 aromatic rings. The molecule has 2 aliphatic rings. The van der Waals surface area contributed by atoms with Gasteiger partial charge in [-0.25, -0.2) is 0 Å². The molecule has 0 radical (unpaired) electrons. The summed E-state index contributed by atoms with van der Waals surface area (Å²) in [6, 6.07) is 11.0. The van der Waals surface area contributed by atoms with Crippen LogP contribution in [0.3, 0.4) is 0 Å². The normalized spacial score (nSPS) is 14.1. The Hall–Kier alpha value is -3.09. The van der Waals surface area contributed by atoms with Gasteiger partial charge in [0.1, 0.15) is 13.2 Å². The number of ether oxygens (including phenoxy) is 4. The standard InChI is InChI=1S/C18H18N2O5/c21-18(20-13-2-4-14-16(10-13)23-8-7-22-14)5-6-19-12-1-3-15-17(9-12)25-11-24-15/h1-4,9-10,19H,5-8,11H2,(H,20,21). The Morgan fingerprint density at radius 3 is 2.36 bits per heavy atom. The van der Waals surface area contributed by atoms with E-state index in [4.69, 9.17) is 18.9 Å². The molecule has 0 fully saturated rings. The van der Waals surface area contributed by atoms with E-state index in [0.29, 0.717) is 49.1 Å². The fraction of sp³-hybridized carbons (Fsp3) is 0.278. The molecular formula is C18H18N2O5. The van der Waals surface area contributed by atoms with Crippen LogP contribution in [0.25, 0.3) is 0 Å². The fourth-order valence-corrected chi connectivity index (χ4v) is 2.67. The number of anilines is 2. The summed E-state index contributed by atoms with van der Waals surface area (Å²) in [6.45, 7) is 1.82. The third kappa shape index (κ3) is 3.55. The van der Waals surface area contributed by atoms with E-state index in [1.807, 2.05) is 18.2 Å². The predicted molar refractivity (Wildman–Crippen MR) is 91.7 cm³/mol. The molecule has 7 heteroatoms. The number of hydrogen-bond donors (Lipinski definition) is 2. The Kier molecular flexibility index (Phi) is 4.20. The van der Waals surface area contributed by atoms with Crippen LogP contribution in [0.1, 0.15) is 6.42 Å². The molecule has 2 N–H and O–H groups in total. The number of fused-ring (bicyclic) bond motifs is 2. The molecule has 0 bridgehead atoms. The van der Waals surface area contributed by atoms with E-state index < -0.39 is 0 Å². The summed E-state index contributed by atoms with van der Waals surface area (Å²) in [5, 5.41) is 6.06. The Labute approximate surface area is 144 Å². The highest BCUT2D eigenvalue weighted by molar-refractivity contribution is 5.91. The van der Waals surface area contributed by atoms with Crippen LogP contribution < -0.4 is 29.6 Å². The number of nitrogens with one attached hydrogen (secondary N) is 2. The zero-order valence-corrected chi connectivity index (χ0v) is 13.5. The lowest BCUT2D eigenvalue weighted by Gasteiger charge is -2.19. The van der Waals surface area contributed by atoms with Gasteiger partial charge in [0.25, 0.3) is 0 Å². The molecule has 4 rings (SSSR count). The molecule has 1 amide bonds. The van der Waals surface area contributed by atoms with Gasteiger partial charge in [-0.05, 0) is 24.3 Å². The zero-order chi connectivity index (χ0) is 17.1. The Morgan fingerprint density at radius 2 is 1.48 bits per heavy atom. The van der Waals surface area contributed by atoms with Crippen LogP contribution in [0.2, 0.25) is 0 Å². The monoisotopic (exact) mass is 342 g/mol. The molecule has 0 saturated carbocycles. The van der Waals surface area contributed by atoms with Crippen molar-refractivity contribution in [2.45, 2.75) is 6.42 Å². The van der Waals surface area contributed by atoms with E-state index >= 15 is 0 Å². The van der Waals surface area contributed by atoms with Crippen LogP contribution in [0.4, 0.5) is 11.4 Å². The highest BCUT2D eigenvalue weighted by Gasteiger charge is 2.14. The predicted octanol–water partition coefficient (Wildman–Crippen LogP) is 2.63. The minimum atomic E-state index is -0.0788. The van der Waals surface area contributed by atoms with E-state index in [2.05, 4.69) is 10.6 Å². The van der Waals surface area contributed by atoms with E-state index in [0.717, 1.165) is 11.4 Å². The van der Waals surface area contributed by atoms with Crippen molar-refractivity contribution in [3.8, 4) is 23.0 Å². The number of carbonyl (C=O) groups excluding carboxylic acids is 1. The van der Waals surface area contributed by atoms with Gasteiger partial charge < -0.3 is 29.6 Å². The molecule has 0 atom stereocenters. The lowest BCUT2D eigenvalue weighted by atomic mass is 10.2. The third-order valence-electron chi connectivity index (χ3n) is 3.88. The van der Waals surface area contributed by atoms with Gasteiger partial charge in [0.15, 0.2) is 23.0 Å². The van der Waals surface area contributed by atoms with Crippen molar-refractivity contribution in [1.29, 1.82) is 0 Å². The molecular weight excluding hydrogens is 324 g/mol. The Morgan fingerprint density at radius 1 is 0.840 bits per heavy atom. The first-order valence-electron chi connectivity index (χ1n) is 8.11. The summed E-state index contributed by atoms with van der Waals surface area (Å²) >= 11 is 0. The summed E-state index contributed by atoms with van der Waals surface area (Å²) in [6.07, 6.45) is 0.336. The molecule has 2 heterocycles. The van der Waals surface area contributed by atoms with Crippen LogP contribution in [0.5, 0.6) is 23.0 Å². The van der Waals surface area contributed by atoms with Gasteiger partial charge in [-0.2, -0.15) is 0 Å². The maximum Gasteiger partial charge on any atom is 0.231 e. The van der Waals surface area contributed by atoms with Gasteiger partial charge >= 0.3 is 0 Å². The summed E-state index contributed by atoms with van der Waals surface area (Å²) in [4.78, 5) is 12.1. The van der Waals surface area contributed by atoms with Gasteiger partial charge in [-0.3, -0.25) is 4.79 Å². The minimum Gasteiger partial charge on any atom is -0.486 e. The van der Waals surface area contributed by atoms with E-state index in [1.165, 1.54) is 0 Å². The quantitative estimate of drug-likeness (QED) is 0.870. The second-order valence-corrected chi connectivity index (χ2v) is 5.65. The van der Waals surface area contributed by atoms with Crippen molar-refractivity contribution in [1.82, 2.24) is 0 Å². The molecule has 0 saturated heterocycles. The molecule has 0 spiro atoms. The average Bonchev–Trinajstić information content (AvgIpc) is 3.09. The van der Waals surface area contributed by atoms with Gasteiger partial charge in [0, 0.05) is 36.5 Å². The number of carbonyl (C=O) groups is 1. The molecule has 7 nitrogen and oxygen atoms in total. The zero-order valence-electron chi connectivity index (χ0n) is 13.5. The number of amides is 1. The van der Waals surface area contributed by atoms with E-state index in [1.54, 1.807) is 18.2 Å². The highest BCUT2D eigenvalue weighted by atomic mass is 16.7. The van der Waals surface area contributed by atoms with Gasteiger partial charge in [0.2, 0.25) is 12.7 Å². The van der Waals surface area contributed by atoms with Crippen molar-refractivity contribution in [2.75, 3.05) is 37.2 Å². The summed E-state index contributed by atoms with van der Waals surface area (Å²) < 4.78 is 21.6. The van der Waals surface area contributed by atoms with E-state index in [9.17, 15) is 4.79 Å². The third-order valence-corrected chi connectivity index (χ3v) is 3.88. The molecule has 2 aliphatic heterocycles. The summed E-state index contributed by atoms with van der Waals surface area (Å²) in [7, 11) is 0. The highest BCUT2D eigenvalue weighted by Crippen LogP contribution is 2.34. The van der Waals surface area contributed by atoms with Crippen molar-refractivity contribution >= 4 is 17.3 Å². The van der Waals surface area contributed by atoms with Crippen molar-refractivity contribution in [3.63, 3.8) is 0 Å². The van der Waals surface area contributed by atoms with E-state index in [-0.39, 0.29) is 12.7 Å². The topological polar surface area (TPSA) is 78.1 Å². The number of benzene rings is 2. The number of hydrogen-bond acceptors (Lipinski definition) is 6. The summed E-state index contributed by atoms with van der Waals surface area (Å²) in [5.41, 5.74) is 1.58. The van der Waals surface area contributed by atoms with Gasteiger partial charge in [-0.15, -0.1) is 0 Å². The molecule has 0 unspecified atom stereocenters. The second-order valence-electron chi connectivity index (χ2n) is 5.65. The molecule has 130 valence electrons. The van der Waals surface area contributed by atoms with Gasteiger partial charge in [-0.1, -0.05) is 0 Å². The van der Waals surface area contributed by atoms with Crippen LogP contribution in [-0.4, -0.2) is 32.5 Å². The van der Waals surface area contributed by atoms with Crippen LogP contribution in [0, 0.1) is 0 Å². The molecule has 0 aliphatic carbocycles. The molecule has 2 aromatic carbocycles. The lowest BCUT2D eigenvalue weighted by molar-refractivity contribution is -0.115. The first-order chi connectivity index (χ1) is 12.3. The maximum atomic E-state index is 12.1. The summed E-state index contributed by atoms with van der Waals surface area (Å²) in [5.74, 6) is 2.73. The van der Waals surface area contributed by atoms with Crippen molar-refractivity contribution in [2.24, 2.45) is 0 Å². The lowest BCUT2D eigenvalue weighted by Crippen LogP contribution is -2.18. The van der Waals surface area contributed by atoms with Crippen molar-refractivity contribution < 1.29 is 23.7 Å². The van der Waals surface area contributed by atoms with Gasteiger partial charge in [0.05, 0.1) is 0 Å². The minimum absolute atomic E-state index is 0.0788. The first kappa shape index (κ1) is 15.4. The second kappa shape index (κ2) is 6.80. The fourth-order valence-electron chi connectivity index (χ4n) is 2.67. The van der Waals surface area contributed by atoms with Crippen LogP contribution >= 0.6 is 0 Å². The maximum absolute atomic E-state index is 12.1. The smallest absolute Gasteiger partial charge is 0.231 e. The largest absolute Gasteiger partial charge is 0.486 e. The van der Waals surface area contributed by atoms with Crippen molar-refractivity contribution in [3.05, 3.63) is 36.4 Å². The molecule has 25 heavy (non-hydrogen) atoms. The Balaban J connectivity index is 1.28. The number of rotatable bonds is 5. The van der Waals surface area contributed by atoms with Crippen LogP contribution in [-0.2, 0) is 4.79 Å². The first-order valence-corrected chi connectivity index (χ1v) is 8.11. The Bertz CT molecular complexity index is 793. The van der Waals surface area contributed by atoms with Crippen LogP contribution in [0.15, 0.2) is 36.4 Å².